The van der Waals surface area contributed by atoms with E-state index in [1.165, 1.54) is 32.1 Å². The summed E-state index contributed by atoms with van der Waals surface area (Å²) >= 11 is 0. The van der Waals surface area contributed by atoms with Crippen LogP contribution < -0.4 is 0 Å². The average molecular weight is 292 g/mol. The van der Waals surface area contributed by atoms with Gasteiger partial charge in [0.2, 0.25) is 0 Å². The van der Waals surface area contributed by atoms with Crippen LogP contribution in [0.15, 0.2) is 11.2 Å². The van der Waals surface area contributed by atoms with Crippen LogP contribution in [-0.4, -0.2) is 42.5 Å². The highest BCUT2D eigenvalue weighted by Crippen LogP contribution is 2.15. The lowest BCUT2D eigenvalue weighted by molar-refractivity contribution is 0.324. The van der Waals surface area contributed by atoms with Crippen molar-refractivity contribution in [2.24, 2.45) is 0 Å². The molecular formula is C11H18ClN3O2S. The summed E-state index contributed by atoms with van der Waals surface area (Å²) in [4.78, 5) is 6.40. The van der Waals surface area contributed by atoms with Gasteiger partial charge in [0.15, 0.2) is 5.03 Å². The van der Waals surface area contributed by atoms with Crippen LogP contribution >= 0.6 is 10.7 Å². The van der Waals surface area contributed by atoms with Crippen molar-refractivity contribution in [3.8, 4) is 0 Å². The lowest BCUT2D eigenvalue weighted by Gasteiger charge is -2.14. The van der Waals surface area contributed by atoms with Gasteiger partial charge in [-0.05, 0) is 45.8 Å². The van der Waals surface area contributed by atoms with E-state index in [1.807, 2.05) is 4.57 Å². The van der Waals surface area contributed by atoms with Crippen molar-refractivity contribution < 1.29 is 8.42 Å². The first kappa shape index (κ1) is 13.8. The second-order valence-corrected chi connectivity index (χ2v) is 7.17. The molecule has 5 nitrogen and oxygen atoms in total. The molecule has 0 spiro atoms. The predicted octanol–water partition coefficient (Wildman–Crippen LogP) is 1.60. The van der Waals surface area contributed by atoms with Crippen LogP contribution in [0.4, 0.5) is 0 Å². The van der Waals surface area contributed by atoms with Gasteiger partial charge in [-0.2, -0.15) is 0 Å². The van der Waals surface area contributed by atoms with Crippen molar-refractivity contribution in [1.82, 2.24) is 14.5 Å². The number of aryl methyl sites for hydroxylation is 2. The van der Waals surface area contributed by atoms with Gasteiger partial charge in [-0.25, -0.2) is 13.4 Å². The molecule has 0 radical (unpaired) electrons. The smallest absolute Gasteiger partial charge is 0.280 e. The zero-order chi connectivity index (χ0) is 13.2. The topological polar surface area (TPSA) is 55.2 Å². The summed E-state index contributed by atoms with van der Waals surface area (Å²) in [5.74, 6) is 0.690. The summed E-state index contributed by atoms with van der Waals surface area (Å²) < 4.78 is 24.2. The molecule has 1 aliphatic heterocycles. The Labute approximate surface area is 112 Å². The number of nitrogens with zero attached hydrogens (tertiary/aromatic N) is 3. The number of likely N-dealkylation sites (tertiary alicyclic amines) is 1. The van der Waals surface area contributed by atoms with Crippen molar-refractivity contribution in [2.45, 2.75) is 37.8 Å². The maximum absolute atomic E-state index is 11.2. The van der Waals surface area contributed by atoms with Crippen LogP contribution in [-0.2, 0) is 15.6 Å². The molecule has 2 heterocycles. The van der Waals surface area contributed by atoms with Crippen LogP contribution in [0.3, 0.4) is 0 Å². The van der Waals surface area contributed by atoms with Crippen molar-refractivity contribution in [3.05, 3.63) is 12.0 Å². The van der Waals surface area contributed by atoms with Crippen molar-refractivity contribution in [1.29, 1.82) is 0 Å². The molecule has 1 aromatic rings. The summed E-state index contributed by atoms with van der Waals surface area (Å²) in [7, 11) is 1.55. The highest BCUT2D eigenvalue weighted by atomic mass is 35.7. The molecular weight excluding hydrogens is 274 g/mol. The lowest BCUT2D eigenvalue weighted by atomic mass is 10.4. The monoisotopic (exact) mass is 291 g/mol. The van der Waals surface area contributed by atoms with Gasteiger partial charge in [-0.3, -0.25) is 0 Å². The van der Waals surface area contributed by atoms with Crippen molar-refractivity contribution in [3.63, 3.8) is 0 Å². The second kappa shape index (κ2) is 5.59. The third-order valence-electron chi connectivity index (χ3n) is 3.28. The van der Waals surface area contributed by atoms with E-state index in [0.29, 0.717) is 5.82 Å². The molecule has 0 bridgehead atoms. The molecule has 0 aromatic carbocycles. The van der Waals surface area contributed by atoms with E-state index < -0.39 is 9.05 Å². The van der Waals surface area contributed by atoms with Crippen LogP contribution in [0.1, 0.15) is 25.1 Å². The maximum Gasteiger partial charge on any atom is 0.280 e. The van der Waals surface area contributed by atoms with Crippen LogP contribution in [0.5, 0.6) is 0 Å². The molecule has 102 valence electrons. The summed E-state index contributed by atoms with van der Waals surface area (Å²) in [6.45, 7) is 6.00. The van der Waals surface area contributed by atoms with Crippen molar-refractivity contribution >= 4 is 19.7 Å². The van der Waals surface area contributed by atoms with E-state index in [-0.39, 0.29) is 5.03 Å². The molecule has 1 aromatic heterocycles. The maximum atomic E-state index is 11.2. The highest BCUT2D eigenvalue weighted by molar-refractivity contribution is 8.13. The molecule has 0 unspecified atom stereocenters. The van der Waals surface area contributed by atoms with E-state index in [2.05, 4.69) is 9.88 Å². The normalized spacial score (nSPS) is 17.4. The second-order valence-electron chi connectivity index (χ2n) is 4.66. The Hall–Kier alpha value is -0.590. The summed E-state index contributed by atoms with van der Waals surface area (Å²) in [5, 5.41) is -0.0529. The van der Waals surface area contributed by atoms with E-state index >= 15 is 0 Å². The van der Waals surface area contributed by atoms with Gasteiger partial charge in [0.05, 0.1) is 0 Å². The first-order valence-corrected chi connectivity index (χ1v) is 8.48. The Morgan fingerprint density at radius 1 is 1.33 bits per heavy atom. The van der Waals surface area contributed by atoms with Gasteiger partial charge in [-0.15, -0.1) is 0 Å². The first-order chi connectivity index (χ1) is 8.47. The molecule has 2 rings (SSSR count). The molecule has 0 atom stereocenters. The predicted molar refractivity (Wildman–Crippen MR) is 70.3 cm³/mol. The minimum absolute atomic E-state index is 0.0529. The van der Waals surface area contributed by atoms with E-state index in [0.717, 1.165) is 19.5 Å². The Morgan fingerprint density at radius 2 is 2.00 bits per heavy atom. The molecule has 0 amide bonds. The fourth-order valence-electron chi connectivity index (χ4n) is 2.29. The Balaban J connectivity index is 1.91. The van der Waals surface area contributed by atoms with Gasteiger partial charge in [-0.1, -0.05) is 0 Å². The highest BCUT2D eigenvalue weighted by Gasteiger charge is 2.16. The minimum atomic E-state index is -3.72. The Kier molecular flexibility index (Phi) is 4.29. The van der Waals surface area contributed by atoms with E-state index in [4.69, 9.17) is 10.7 Å². The number of halogens is 1. The van der Waals surface area contributed by atoms with Crippen LogP contribution in [0.2, 0.25) is 0 Å². The van der Waals surface area contributed by atoms with Gasteiger partial charge in [0, 0.05) is 23.4 Å². The number of aromatic nitrogens is 2. The standard InChI is InChI=1S/C11H18ClN3O2S/c1-10-13-11(18(12,16)17)9-15(10)8-4-7-14-5-2-3-6-14/h9H,2-8H2,1H3. The number of hydrogen-bond donors (Lipinski definition) is 0. The van der Waals surface area contributed by atoms with Gasteiger partial charge >= 0.3 is 0 Å². The summed E-state index contributed by atoms with van der Waals surface area (Å²) in [6, 6.07) is 0. The van der Waals surface area contributed by atoms with Gasteiger partial charge < -0.3 is 9.47 Å². The molecule has 7 heteroatoms. The van der Waals surface area contributed by atoms with Crippen LogP contribution in [0.25, 0.3) is 0 Å². The van der Waals surface area contributed by atoms with E-state index in [9.17, 15) is 8.42 Å². The Morgan fingerprint density at radius 3 is 2.56 bits per heavy atom. The Bertz CT molecular complexity index is 506. The molecule has 18 heavy (non-hydrogen) atoms. The third-order valence-corrected chi connectivity index (χ3v) is 4.45. The zero-order valence-corrected chi connectivity index (χ0v) is 12.0. The van der Waals surface area contributed by atoms with Gasteiger partial charge in [0.1, 0.15) is 5.82 Å². The molecule has 0 aliphatic carbocycles. The lowest BCUT2D eigenvalue weighted by Crippen LogP contribution is -2.21. The number of hydrogen-bond acceptors (Lipinski definition) is 4. The van der Waals surface area contributed by atoms with E-state index in [1.54, 1.807) is 6.92 Å². The minimum Gasteiger partial charge on any atom is -0.334 e. The van der Waals surface area contributed by atoms with Crippen LogP contribution in [0, 0.1) is 6.92 Å². The fraction of sp³-hybridized carbons (Fsp3) is 0.727. The third kappa shape index (κ3) is 3.46. The number of rotatable bonds is 5. The first-order valence-electron chi connectivity index (χ1n) is 6.17. The average Bonchev–Trinajstić information content (AvgIpc) is 2.88. The quantitative estimate of drug-likeness (QED) is 0.774. The molecule has 1 fully saturated rings. The molecule has 1 saturated heterocycles. The molecule has 1 aliphatic rings. The fourth-order valence-corrected chi connectivity index (χ4v) is 3.01. The van der Waals surface area contributed by atoms with Gasteiger partial charge in [0.25, 0.3) is 9.05 Å². The largest absolute Gasteiger partial charge is 0.334 e. The number of imidazole rings is 1. The SMILES string of the molecule is Cc1nc(S(=O)(=O)Cl)cn1CCCN1CCCC1. The zero-order valence-electron chi connectivity index (χ0n) is 10.5. The molecule has 0 saturated carbocycles. The summed E-state index contributed by atoms with van der Waals surface area (Å²) in [6.07, 6.45) is 5.10. The molecule has 0 N–H and O–H groups in total. The summed E-state index contributed by atoms with van der Waals surface area (Å²) in [5.41, 5.74) is 0. The van der Waals surface area contributed by atoms with Crippen molar-refractivity contribution in [2.75, 3.05) is 19.6 Å².